The predicted molar refractivity (Wildman–Crippen MR) is 59.4 cm³/mol. The number of fused-ring (bicyclic) bond motifs is 1. The molecule has 76 valence electrons. The number of hydrogen-bond acceptors (Lipinski definition) is 1. The Bertz CT molecular complexity index is 306. The van der Waals surface area contributed by atoms with Crippen molar-refractivity contribution in [3.05, 3.63) is 29.6 Å². The average molecular weight is 189 g/mol. The lowest BCUT2D eigenvalue weighted by Gasteiger charge is -2.28. The van der Waals surface area contributed by atoms with Crippen molar-refractivity contribution in [2.24, 2.45) is 5.92 Å². The number of nitrogens with zero attached hydrogens (tertiary/aromatic N) is 1. The maximum Gasteiger partial charge on any atom is 0.0469 e. The molecule has 0 aromatic carbocycles. The molecule has 14 heavy (non-hydrogen) atoms. The van der Waals surface area contributed by atoms with Gasteiger partial charge in [0.15, 0.2) is 0 Å². The molecule has 1 aromatic heterocycles. The number of hydrogen-bond donors (Lipinski definition) is 0. The number of rotatable bonds is 2. The number of pyridine rings is 1. The fourth-order valence-corrected chi connectivity index (χ4v) is 2.48. The molecule has 0 radical (unpaired) electrons. The molecule has 1 aliphatic rings. The van der Waals surface area contributed by atoms with Crippen molar-refractivity contribution in [1.29, 1.82) is 0 Å². The summed E-state index contributed by atoms with van der Waals surface area (Å²) in [6.45, 7) is 4.64. The fourth-order valence-electron chi connectivity index (χ4n) is 2.48. The Morgan fingerprint density at radius 3 is 3.21 bits per heavy atom. The first-order valence-corrected chi connectivity index (χ1v) is 5.76. The highest BCUT2D eigenvalue weighted by Crippen LogP contribution is 2.36. The lowest BCUT2D eigenvalue weighted by atomic mass is 9.78. The smallest absolute Gasteiger partial charge is 0.0469 e. The molecule has 1 heterocycles. The molecule has 0 unspecified atom stereocenters. The Labute approximate surface area is 86.6 Å². The fraction of sp³-hybridized carbons (Fsp3) is 0.615. The Hall–Kier alpha value is -0.850. The Balaban J connectivity index is 2.30. The summed E-state index contributed by atoms with van der Waals surface area (Å²) >= 11 is 0. The summed E-state index contributed by atoms with van der Waals surface area (Å²) in [6.07, 6.45) is 7.11. The first-order valence-electron chi connectivity index (χ1n) is 5.76. The highest BCUT2D eigenvalue weighted by atomic mass is 14.7. The van der Waals surface area contributed by atoms with E-state index in [1.54, 1.807) is 0 Å². The third kappa shape index (κ3) is 1.68. The second-order valence-corrected chi connectivity index (χ2v) is 4.43. The van der Waals surface area contributed by atoms with E-state index >= 15 is 0 Å². The normalized spacial score (nSPS) is 22.9. The highest BCUT2D eigenvalue weighted by Gasteiger charge is 2.24. The van der Waals surface area contributed by atoms with Crippen molar-refractivity contribution < 1.29 is 0 Å². The van der Waals surface area contributed by atoms with E-state index in [1.165, 1.54) is 36.9 Å². The molecule has 0 saturated carbocycles. The van der Waals surface area contributed by atoms with Crippen LogP contribution in [-0.4, -0.2) is 4.98 Å². The summed E-state index contributed by atoms with van der Waals surface area (Å²) in [6, 6.07) is 4.31. The molecule has 1 aromatic rings. The van der Waals surface area contributed by atoms with E-state index < -0.39 is 0 Å². The van der Waals surface area contributed by atoms with Gasteiger partial charge in [0.05, 0.1) is 0 Å². The van der Waals surface area contributed by atoms with Gasteiger partial charge in [-0.05, 0) is 36.8 Å². The summed E-state index contributed by atoms with van der Waals surface area (Å²) in [5.74, 6) is 1.49. The van der Waals surface area contributed by atoms with E-state index in [-0.39, 0.29) is 0 Å². The van der Waals surface area contributed by atoms with Crippen LogP contribution in [0.5, 0.6) is 0 Å². The molecular weight excluding hydrogens is 170 g/mol. The minimum atomic E-state index is 0.713. The van der Waals surface area contributed by atoms with E-state index in [1.807, 2.05) is 6.20 Å². The van der Waals surface area contributed by atoms with Crippen LogP contribution in [0.4, 0.5) is 0 Å². The van der Waals surface area contributed by atoms with Gasteiger partial charge in [0.2, 0.25) is 0 Å². The molecule has 0 N–H and O–H groups in total. The maximum absolute atomic E-state index is 4.57. The van der Waals surface area contributed by atoms with Crippen molar-refractivity contribution >= 4 is 0 Å². The summed E-state index contributed by atoms with van der Waals surface area (Å²) in [7, 11) is 0. The lowest BCUT2D eigenvalue weighted by Crippen LogP contribution is -2.17. The second kappa shape index (κ2) is 4.12. The molecule has 0 aliphatic heterocycles. The third-order valence-corrected chi connectivity index (χ3v) is 3.57. The van der Waals surface area contributed by atoms with Gasteiger partial charge < -0.3 is 0 Å². The third-order valence-electron chi connectivity index (χ3n) is 3.57. The molecule has 0 amide bonds. The standard InChI is InChI=1S/C13H19N/c1-3-10(2)12-8-4-6-11-7-5-9-14-13(11)12/h5,7,9-10,12H,3-4,6,8H2,1-2H3/t10-,12+/m1/s1. The van der Waals surface area contributed by atoms with Gasteiger partial charge in [0.25, 0.3) is 0 Å². The topological polar surface area (TPSA) is 12.9 Å². The summed E-state index contributed by atoms with van der Waals surface area (Å²) < 4.78 is 0. The summed E-state index contributed by atoms with van der Waals surface area (Å²) in [4.78, 5) is 4.57. The monoisotopic (exact) mass is 189 g/mol. The van der Waals surface area contributed by atoms with Gasteiger partial charge in [0, 0.05) is 17.8 Å². The van der Waals surface area contributed by atoms with Crippen LogP contribution in [0.25, 0.3) is 0 Å². The number of aryl methyl sites for hydroxylation is 1. The minimum absolute atomic E-state index is 0.713. The molecular formula is C13H19N. The van der Waals surface area contributed by atoms with E-state index in [0.29, 0.717) is 5.92 Å². The van der Waals surface area contributed by atoms with E-state index in [4.69, 9.17) is 0 Å². The molecule has 2 rings (SSSR count). The molecule has 2 atom stereocenters. The zero-order chi connectivity index (χ0) is 9.97. The minimum Gasteiger partial charge on any atom is -0.261 e. The van der Waals surface area contributed by atoms with Crippen molar-refractivity contribution in [2.75, 3.05) is 0 Å². The summed E-state index contributed by atoms with van der Waals surface area (Å²) in [5.41, 5.74) is 2.87. The van der Waals surface area contributed by atoms with Gasteiger partial charge in [-0.15, -0.1) is 0 Å². The van der Waals surface area contributed by atoms with Crippen LogP contribution >= 0.6 is 0 Å². The molecule has 0 saturated heterocycles. The quantitative estimate of drug-likeness (QED) is 0.693. The van der Waals surface area contributed by atoms with Crippen LogP contribution in [0.3, 0.4) is 0 Å². The maximum atomic E-state index is 4.57. The first kappa shape index (κ1) is 9.70. The van der Waals surface area contributed by atoms with Gasteiger partial charge in [-0.3, -0.25) is 4.98 Å². The van der Waals surface area contributed by atoms with Crippen molar-refractivity contribution in [1.82, 2.24) is 4.98 Å². The number of aromatic nitrogens is 1. The summed E-state index contributed by atoms with van der Waals surface area (Å²) in [5, 5.41) is 0. The van der Waals surface area contributed by atoms with Crippen LogP contribution in [0.15, 0.2) is 18.3 Å². The lowest BCUT2D eigenvalue weighted by molar-refractivity contribution is 0.387. The van der Waals surface area contributed by atoms with Crippen molar-refractivity contribution in [3.8, 4) is 0 Å². The Morgan fingerprint density at radius 1 is 1.57 bits per heavy atom. The zero-order valence-corrected chi connectivity index (χ0v) is 9.16. The second-order valence-electron chi connectivity index (χ2n) is 4.43. The van der Waals surface area contributed by atoms with Gasteiger partial charge >= 0.3 is 0 Å². The van der Waals surface area contributed by atoms with Crippen LogP contribution in [0.1, 0.15) is 50.3 Å². The largest absolute Gasteiger partial charge is 0.261 e. The van der Waals surface area contributed by atoms with Gasteiger partial charge in [0.1, 0.15) is 0 Å². The highest BCUT2D eigenvalue weighted by molar-refractivity contribution is 5.26. The molecule has 0 spiro atoms. The van der Waals surface area contributed by atoms with E-state index in [2.05, 4.69) is 31.0 Å². The van der Waals surface area contributed by atoms with Crippen LogP contribution in [0, 0.1) is 5.92 Å². The van der Waals surface area contributed by atoms with Gasteiger partial charge in [-0.1, -0.05) is 26.3 Å². The van der Waals surface area contributed by atoms with Crippen LogP contribution in [0.2, 0.25) is 0 Å². The first-order chi connectivity index (χ1) is 6.83. The van der Waals surface area contributed by atoms with E-state index in [0.717, 1.165) is 5.92 Å². The molecule has 1 nitrogen and oxygen atoms in total. The van der Waals surface area contributed by atoms with Crippen LogP contribution < -0.4 is 0 Å². The predicted octanol–water partition coefficient (Wildman–Crippen LogP) is 3.55. The van der Waals surface area contributed by atoms with Gasteiger partial charge in [-0.2, -0.15) is 0 Å². The molecule has 1 aliphatic carbocycles. The molecule has 0 bridgehead atoms. The SMILES string of the molecule is CC[C@@H](C)[C@@H]1CCCc2cccnc21. The molecule has 1 heteroatoms. The van der Waals surface area contributed by atoms with Gasteiger partial charge in [-0.25, -0.2) is 0 Å². The van der Waals surface area contributed by atoms with Crippen molar-refractivity contribution in [3.63, 3.8) is 0 Å². The zero-order valence-electron chi connectivity index (χ0n) is 9.16. The van der Waals surface area contributed by atoms with Crippen molar-refractivity contribution in [2.45, 2.75) is 45.4 Å². The Kier molecular flexibility index (Phi) is 2.85. The molecule has 0 fully saturated rings. The average Bonchev–Trinajstić information content (AvgIpc) is 2.27. The Morgan fingerprint density at radius 2 is 2.43 bits per heavy atom. The van der Waals surface area contributed by atoms with Crippen LogP contribution in [-0.2, 0) is 6.42 Å². The van der Waals surface area contributed by atoms with E-state index in [9.17, 15) is 0 Å².